The summed E-state index contributed by atoms with van der Waals surface area (Å²) in [5.41, 5.74) is 6.42. The minimum atomic E-state index is -0.538. The highest BCUT2D eigenvalue weighted by atomic mass is 16.6. The number of likely N-dealkylation sites (tertiary alicyclic amines) is 1. The molecule has 20 heavy (non-hydrogen) atoms. The maximum atomic E-state index is 12.2. The van der Waals surface area contributed by atoms with Crippen LogP contribution >= 0.6 is 0 Å². The molecule has 110 valence electrons. The van der Waals surface area contributed by atoms with Crippen molar-refractivity contribution in [1.29, 1.82) is 0 Å². The van der Waals surface area contributed by atoms with Gasteiger partial charge in [-0.1, -0.05) is 6.07 Å². The molecule has 0 saturated carbocycles. The Bertz CT molecular complexity index is 470. The number of carbonyl (C=O) groups excluding carboxylic acids is 1. The number of hydrogen-bond acceptors (Lipinski definition) is 4. The van der Waals surface area contributed by atoms with Crippen LogP contribution < -0.4 is 5.73 Å². The molecule has 2 heterocycles. The van der Waals surface area contributed by atoms with Crippen LogP contribution in [0.4, 0.5) is 4.79 Å². The van der Waals surface area contributed by atoms with E-state index in [1.54, 1.807) is 17.3 Å². The zero-order chi connectivity index (χ0) is 14.8. The van der Waals surface area contributed by atoms with E-state index in [-0.39, 0.29) is 6.09 Å². The minimum Gasteiger partial charge on any atom is -0.444 e. The molecule has 1 unspecified atom stereocenters. The highest BCUT2D eigenvalue weighted by Crippen LogP contribution is 2.29. The molecular formula is C15H23N3O2. The molecule has 0 aromatic carbocycles. The van der Waals surface area contributed by atoms with Crippen molar-refractivity contribution in [1.82, 2.24) is 9.88 Å². The van der Waals surface area contributed by atoms with Crippen molar-refractivity contribution in [2.24, 2.45) is 5.73 Å². The number of carbonyl (C=O) groups is 1. The maximum absolute atomic E-state index is 12.2. The van der Waals surface area contributed by atoms with Crippen molar-refractivity contribution in [3.8, 4) is 0 Å². The Hall–Kier alpha value is -1.62. The molecule has 1 aliphatic rings. The van der Waals surface area contributed by atoms with Crippen molar-refractivity contribution in [2.45, 2.75) is 44.8 Å². The number of rotatable bonds is 1. The molecule has 2 rings (SSSR count). The molecule has 0 radical (unpaired) electrons. The topological polar surface area (TPSA) is 68.5 Å². The van der Waals surface area contributed by atoms with Gasteiger partial charge in [-0.25, -0.2) is 4.79 Å². The van der Waals surface area contributed by atoms with Gasteiger partial charge in [-0.15, -0.1) is 0 Å². The van der Waals surface area contributed by atoms with Crippen LogP contribution in [0, 0.1) is 0 Å². The van der Waals surface area contributed by atoms with E-state index in [0.29, 0.717) is 13.1 Å². The average Bonchev–Trinajstić information content (AvgIpc) is 2.38. The molecule has 1 atom stereocenters. The van der Waals surface area contributed by atoms with Crippen LogP contribution in [-0.4, -0.2) is 34.7 Å². The standard InChI is InChI=1S/C15H23N3O2/c1-14(2,3)20-13(19)18-9-5-7-15(16,11-18)12-6-4-8-17-10-12/h4,6,8,10H,5,7,9,11,16H2,1-3H3. The molecule has 1 aliphatic heterocycles. The summed E-state index contributed by atoms with van der Waals surface area (Å²) in [5, 5.41) is 0. The molecule has 1 aromatic heterocycles. The molecule has 5 heteroatoms. The summed E-state index contributed by atoms with van der Waals surface area (Å²) in [4.78, 5) is 18.0. The van der Waals surface area contributed by atoms with Crippen LogP contribution in [0.5, 0.6) is 0 Å². The molecule has 0 spiro atoms. The summed E-state index contributed by atoms with van der Waals surface area (Å²) >= 11 is 0. The third-order valence-corrected chi connectivity index (χ3v) is 3.41. The highest BCUT2D eigenvalue weighted by Gasteiger charge is 2.36. The minimum absolute atomic E-state index is 0.295. The van der Waals surface area contributed by atoms with Crippen molar-refractivity contribution < 1.29 is 9.53 Å². The molecule has 1 aromatic rings. The lowest BCUT2D eigenvalue weighted by Crippen LogP contribution is -2.54. The Labute approximate surface area is 120 Å². The van der Waals surface area contributed by atoms with Crippen molar-refractivity contribution >= 4 is 6.09 Å². The molecule has 1 amide bonds. The summed E-state index contributed by atoms with van der Waals surface area (Å²) in [5.74, 6) is 0. The summed E-state index contributed by atoms with van der Waals surface area (Å²) in [6.45, 7) is 6.75. The summed E-state index contributed by atoms with van der Waals surface area (Å²) in [7, 11) is 0. The lowest BCUT2D eigenvalue weighted by molar-refractivity contribution is 0.0137. The Morgan fingerprint density at radius 2 is 2.25 bits per heavy atom. The van der Waals surface area contributed by atoms with E-state index in [2.05, 4.69) is 4.98 Å². The van der Waals surface area contributed by atoms with Gasteiger partial charge in [-0.05, 0) is 45.2 Å². The number of nitrogens with zero attached hydrogens (tertiary/aromatic N) is 2. The third kappa shape index (κ3) is 3.48. The zero-order valence-electron chi connectivity index (χ0n) is 12.4. The summed E-state index contributed by atoms with van der Waals surface area (Å²) < 4.78 is 5.42. The predicted octanol–water partition coefficient (Wildman–Crippen LogP) is 2.27. The highest BCUT2D eigenvalue weighted by molar-refractivity contribution is 5.68. The molecule has 2 N–H and O–H groups in total. The van der Waals surface area contributed by atoms with Crippen LogP contribution in [0.1, 0.15) is 39.2 Å². The number of aromatic nitrogens is 1. The fraction of sp³-hybridized carbons (Fsp3) is 0.600. The third-order valence-electron chi connectivity index (χ3n) is 3.41. The number of pyridine rings is 1. The van der Waals surface area contributed by atoms with E-state index < -0.39 is 11.1 Å². The average molecular weight is 277 g/mol. The SMILES string of the molecule is CC(C)(C)OC(=O)N1CCCC(N)(c2cccnc2)C1. The second-order valence-electron chi connectivity index (χ2n) is 6.40. The van der Waals surface area contributed by atoms with E-state index >= 15 is 0 Å². The fourth-order valence-electron chi connectivity index (χ4n) is 2.46. The Balaban J connectivity index is 2.11. The van der Waals surface area contributed by atoms with Gasteiger partial charge in [0.2, 0.25) is 0 Å². The fourth-order valence-corrected chi connectivity index (χ4v) is 2.46. The lowest BCUT2D eigenvalue weighted by Gasteiger charge is -2.40. The largest absolute Gasteiger partial charge is 0.444 e. The number of amides is 1. The van der Waals surface area contributed by atoms with Gasteiger partial charge in [0, 0.05) is 25.5 Å². The van der Waals surface area contributed by atoms with Crippen molar-refractivity contribution in [3.63, 3.8) is 0 Å². The first-order valence-electron chi connectivity index (χ1n) is 6.97. The quantitative estimate of drug-likeness (QED) is 0.855. The predicted molar refractivity (Wildman–Crippen MR) is 77.1 cm³/mol. The lowest BCUT2D eigenvalue weighted by atomic mass is 9.84. The number of nitrogens with two attached hydrogens (primary N) is 1. The van der Waals surface area contributed by atoms with Crippen molar-refractivity contribution in [2.75, 3.05) is 13.1 Å². The normalized spacial score (nSPS) is 23.5. The molecule has 0 aliphatic carbocycles. The molecular weight excluding hydrogens is 254 g/mol. The van der Waals surface area contributed by atoms with E-state index in [1.807, 2.05) is 32.9 Å². The zero-order valence-corrected chi connectivity index (χ0v) is 12.4. The van der Waals surface area contributed by atoms with Crippen LogP contribution in [0.2, 0.25) is 0 Å². The van der Waals surface area contributed by atoms with Crippen molar-refractivity contribution in [3.05, 3.63) is 30.1 Å². The molecule has 0 bridgehead atoms. The van der Waals surface area contributed by atoms with Gasteiger partial charge < -0.3 is 15.4 Å². The number of ether oxygens (including phenoxy) is 1. The maximum Gasteiger partial charge on any atom is 0.410 e. The second-order valence-corrected chi connectivity index (χ2v) is 6.40. The van der Waals surface area contributed by atoms with E-state index in [9.17, 15) is 4.79 Å². The Morgan fingerprint density at radius 1 is 1.50 bits per heavy atom. The van der Waals surface area contributed by atoms with Crippen LogP contribution in [0.15, 0.2) is 24.5 Å². The van der Waals surface area contributed by atoms with Gasteiger partial charge in [0.05, 0.1) is 5.54 Å². The van der Waals surface area contributed by atoms with E-state index in [0.717, 1.165) is 18.4 Å². The number of piperidine rings is 1. The molecule has 1 saturated heterocycles. The first-order valence-corrected chi connectivity index (χ1v) is 6.97. The van der Waals surface area contributed by atoms with Gasteiger partial charge in [-0.3, -0.25) is 4.98 Å². The Morgan fingerprint density at radius 3 is 2.85 bits per heavy atom. The van der Waals surface area contributed by atoms with E-state index in [1.165, 1.54) is 0 Å². The van der Waals surface area contributed by atoms with Crippen LogP contribution in [0.25, 0.3) is 0 Å². The molecule has 1 fully saturated rings. The summed E-state index contributed by atoms with van der Waals surface area (Å²) in [6.07, 6.45) is 4.92. The summed E-state index contributed by atoms with van der Waals surface area (Å²) in [6, 6.07) is 3.84. The second kappa shape index (κ2) is 5.40. The van der Waals surface area contributed by atoms with Crippen LogP contribution in [-0.2, 0) is 10.3 Å². The van der Waals surface area contributed by atoms with Gasteiger partial charge >= 0.3 is 6.09 Å². The van der Waals surface area contributed by atoms with Crippen LogP contribution in [0.3, 0.4) is 0 Å². The smallest absolute Gasteiger partial charge is 0.410 e. The number of hydrogen-bond donors (Lipinski definition) is 1. The first-order chi connectivity index (χ1) is 9.30. The van der Waals surface area contributed by atoms with Gasteiger partial charge in [0.25, 0.3) is 0 Å². The van der Waals surface area contributed by atoms with Gasteiger partial charge in [0.15, 0.2) is 0 Å². The first kappa shape index (κ1) is 14.8. The van der Waals surface area contributed by atoms with Gasteiger partial charge in [0.1, 0.15) is 5.60 Å². The monoisotopic (exact) mass is 277 g/mol. The molecule has 5 nitrogen and oxygen atoms in total. The van der Waals surface area contributed by atoms with Gasteiger partial charge in [-0.2, -0.15) is 0 Å². The Kier molecular flexibility index (Phi) is 3.99. The van der Waals surface area contributed by atoms with E-state index in [4.69, 9.17) is 10.5 Å².